The van der Waals surface area contributed by atoms with Gasteiger partial charge in [-0.3, -0.25) is 0 Å². The van der Waals surface area contributed by atoms with Gasteiger partial charge < -0.3 is 5.73 Å². The molecule has 0 saturated heterocycles. The molecule has 2 N–H and O–H groups in total. The number of benzene rings is 1. The lowest BCUT2D eigenvalue weighted by molar-refractivity contribution is 0.463. The molecule has 108 valence electrons. The Hall–Kier alpha value is -1.15. The summed E-state index contributed by atoms with van der Waals surface area (Å²) in [5.74, 6) is -0.860. The maximum atomic E-state index is 13.7. The van der Waals surface area contributed by atoms with E-state index in [2.05, 4.69) is 0 Å². The number of rotatable bonds is 4. The quantitative estimate of drug-likeness (QED) is 0.874. The Labute approximate surface area is 125 Å². The number of halogens is 2. The van der Waals surface area contributed by atoms with Gasteiger partial charge in [-0.2, -0.15) is 4.31 Å². The fraction of sp³-hybridized carbons (Fsp3) is 0.167. The van der Waals surface area contributed by atoms with Crippen LogP contribution in [0.5, 0.6) is 0 Å². The second-order valence-corrected chi connectivity index (χ2v) is 7.91. The molecule has 0 aliphatic heterocycles. The van der Waals surface area contributed by atoms with Crippen LogP contribution >= 0.6 is 22.9 Å². The van der Waals surface area contributed by atoms with Gasteiger partial charge in [-0.25, -0.2) is 12.8 Å². The minimum atomic E-state index is -3.99. The monoisotopic (exact) mass is 334 g/mol. The maximum absolute atomic E-state index is 13.7. The first kappa shape index (κ1) is 15.2. The molecule has 1 aromatic heterocycles. The molecular weight excluding hydrogens is 323 g/mol. The van der Waals surface area contributed by atoms with Gasteiger partial charge in [-0.15, -0.1) is 11.3 Å². The summed E-state index contributed by atoms with van der Waals surface area (Å²) in [7, 11) is -2.62. The van der Waals surface area contributed by atoms with Gasteiger partial charge >= 0.3 is 0 Å². The van der Waals surface area contributed by atoms with Crippen molar-refractivity contribution in [1.82, 2.24) is 4.31 Å². The van der Waals surface area contributed by atoms with Crippen molar-refractivity contribution in [3.05, 3.63) is 45.4 Å². The number of anilines is 1. The average Bonchev–Trinajstić information content (AvgIpc) is 2.74. The Morgan fingerprint density at radius 1 is 1.35 bits per heavy atom. The van der Waals surface area contributed by atoms with Gasteiger partial charge in [0.05, 0.1) is 10.0 Å². The Balaban J connectivity index is 2.35. The zero-order valence-electron chi connectivity index (χ0n) is 10.5. The SMILES string of the molecule is CN(Cc1ccc(Cl)s1)S(=O)(=O)c1c(N)cccc1F. The highest BCUT2D eigenvalue weighted by Crippen LogP contribution is 2.28. The lowest BCUT2D eigenvalue weighted by Crippen LogP contribution is -2.27. The fourth-order valence-electron chi connectivity index (χ4n) is 1.69. The summed E-state index contributed by atoms with van der Waals surface area (Å²) < 4.78 is 40.1. The van der Waals surface area contributed by atoms with Crippen LogP contribution in [0.1, 0.15) is 4.88 Å². The molecule has 0 unspecified atom stereocenters. The molecule has 0 spiro atoms. The Morgan fingerprint density at radius 2 is 2.05 bits per heavy atom. The predicted octanol–water partition coefficient (Wildman–Crippen LogP) is 2.94. The second-order valence-electron chi connectivity index (χ2n) is 4.13. The molecule has 0 aliphatic rings. The van der Waals surface area contributed by atoms with E-state index in [1.807, 2.05) is 0 Å². The molecule has 1 aromatic carbocycles. The maximum Gasteiger partial charge on any atom is 0.248 e. The largest absolute Gasteiger partial charge is 0.398 e. The summed E-state index contributed by atoms with van der Waals surface area (Å²) in [5, 5.41) is 0. The summed E-state index contributed by atoms with van der Waals surface area (Å²) in [6.45, 7) is 0.105. The van der Waals surface area contributed by atoms with E-state index in [0.717, 1.165) is 15.2 Å². The smallest absolute Gasteiger partial charge is 0.248 e. The van der Waals surface area contributed by atoms with Crippen LogP contribution in [0.25, 0.3) is 0 Å². The van der Waals surface area contributed by atoms with Crippen molar-refractivity contribution in [3.63, 3.8) is 0 Å². The first-order chi connectivity index (χ1) is 9.32. The van der Waals surface area contributed by atoms with Crippen molar-refractivity contribution in [2.24, 2.45) is 0 Å². The van der Waals surface area contributed by atoms with Crippen LogP contribution in [0.3, 0.4) is 0 Å². The first-order valence-corrected chi connectivity index (χ1v) is 8.20. The van der Waals surface area contributed by atoms with Crippen molar-refractivity contribution >= 4 is 38.6 Å². The van der Waals surface area contributed by atoms with E-state index in [9.17, 15) is 12.8 Å². The number of hydrogen-bond donors (Lipinski definition) is 1. The molecule has 2 rings (SSSR count). The summed E-state index contributed by atoms with van der Waals surface area (Å²) >= 11 is 7.07. The number of sulfonamides is 1. The lowest BCUT2D eigenvalue weighted by atomic mass is 10.3. The Morgan fingerprint density at radius 3 is 2.60 bits per heavy atom. The number of nitrogens with zero attached hydrogens (tertiary/aromatic N) is 1. The van der Waals surface area contributed by atoms with Crippen LogP contribution in [0.15, 0.2) is 35.2 Å². The number of nitrogen functional groups attached to an aromatic ring is 1. The van der Waals surface area contributed by atoms with E-state index in [1.54, 1.807) is 12.1 Å². The normalized spacial score (nSPS) is 12.0. The highest BCUT2D eigenvalue weighted by atomic mass is 35.5. The van der Waals surface area contributed by atoms with E-state index in [0.29, 0.717) is 4.34 Å². The van der Waals surface area contributed by atoms with E-state index >= 15 is 0 Å². The van der Waals surface area contributed by atoms with Crippen LogP contribution < -0.4 is 5.73 Å². The summed E-state index contributed by atoms with van der Waals surface area (Å²) in [4.78, 5) is 0.265. The number of nitrogens with two attached hydrogens (primary N) is 1. The Bertz CT molecular complexity index is 711. The van der Waals surface area contributed by atoms with Gasteiger partial charge in [0, 0.05) is 18.5 Å². The minimum absolute atomic E-state index is 0.105. The minimum Gasteiger partial charge on any atom is -0.398 e. The molecule has 1 heterocycles. The fourth-order valence-corrected chi connectivity index (χ4v) is 4.22. The van der Waals surface area contributed by atoms with Crippen LogP contribution in [0.2, 0.25) is 4.34 Å². The van der Waals surface area contributed by atoms with Gasteiger partial charge in [-0.05, 0) is 24.3 Å². The third kappa shape index (κ3) is 2.95. The molecular formula is C12H12ClFN2O2S2. The molecule has 0 saturated carbocycles. The molecule has 0 radical (unpaired) electrons. The summed E-state index contributed by atoms with van der Waals surface area (Å²) in [6, 6.07) is 7.19. The average molecular weight is 335 g/mol. The Kier molecular flexibility index (Phi) is 4.33. The molecule has 2 aromatic rings. The van der Waals surface area contributed by atoms with Crippen molar-refractivity contribution in [2.45, 2.75) is 11.4 Å². The molecule has 8 heteroatoms. The molecule has 0 bridgehead atoms. The lowest BCUT2D eigenvalue weighted by Gasteiger charge is -2.18. The third-order valence-corrected chi connectivity index (χ3v) is 5.79. The van der Waals surface area contributed by atoms with E-state index in [1.165, 1.54) is 30.5 Å². The molecule has 0 aliphatic carbocycles. The van der Waals surface area contributed by atoms with Crippen molar-refractivity contribution in [2.75, 3.05) is 12.8 Å². The standard InChI is InChI=1S/C12H12ClFN2O2S2/c1-16(7-8-5-6-11(13)19-8)20(17,18)12-9(14)3-2-4-10(12)15/h2-6H,7,15H2,1H3. The summed E-state index contributed by atoms with van der Waals surface area (Å²) in [5.41, 5.74) is 5.47. The van der Waals surface area contributed by atoms with Crippen LogP contribution in [-0.4, -0.2) is 19.8 Å². The number of hydrogen-bond acceptors (Lipinski definition) is 4. The van der Waals surface area contributed by atoms with Gasteiger partial charge in [-0.1, -0.05) is 17.7 Å². The molecule has 0 fully saturated rings. The molecule has 0 atom stereocenters. The third-order valence-electron chi connectivity index (χ3n) is 2.67. The highest BCUT2D eigenvalue weighted by Gasteiger charge is 2.27. The van der Waals surface area contributed by atoms with E-state index in [4.69, 9.17) is 17.3 Å². The first-order valence-electron chi connectivity index (χ1n) is 5.57. The van der Waals surface area contributed by atoms with Gasteiger partial charge in [0.15, 0.2) is 0 Å². The van der Waals surface area contributed by atoms with Crippen LogP contribution in [0.4, 0.5) is 10.1 Å². The summed E-state index contributed by atoms with van der Waals surface area (Å²) in [6.07, 6.45) is 0. The van der Waals surface area contributed by atoms with E-state index in [-0.39, 0.29) is 12.2 Å². The van der Waals surface area contributed by atoms with Crippen LogP contribution in [-0.2, 0) is 16.6 Å². The van der Waals surface area contributed by atoms with Crippen molar-refractivity contribution in [3.8, 4) is 0 Å². The van der Waals surface area contributed by atoms with E-state index < -0.39 is 20.7 Å². The van der Waals surface area contributed by atoms with Crippen LogP contribution in [0, 0.1) is 5.82 Å². The van der Waals surface area contributed by atoms with Gasteiger partial charge in [0.25, 0.3) is 0 Å². The second kappa shape index (κ2) is 5.69. The van der Waals surface area contributed by atoms with Gasteiger partial charge in [0.1, 0.15) is 10.7 Å². The molecule has 4 nitrogen and oxygen atoms in total. The van der Waals surface area contributed by atoms with Crippen molar-refractivity contribution in [1.29, 1.82) is 0 Å². The van der Waals surface area contributed by atoms with Gasteiger partial charge in [0.2, 0.25) is 10.0 Å². The van der Waals surface area contributed by atoms with Crippen molar-refractivity contribution < 1.29 is 12.8 Å². The zero-order chi connectivity index (χ0) is 14.9. The number of thiophene rings is 1. The molecule has 0 amide bonds. The highest BCUT2D eigenvalue weighted by molar-refractivity contribution is 7.89. The topological polar surface area (TPSA) is 63.4 Å². The predicted molar refractivity (Wildman–Crippen MR) is 78.8 cm³/mol. The zero-order valence-corrected chi connectivity index (χ0v) is 12.9. The molecule has 20 heavy (non-hydrogen) atoms.